The summed E-state index contributed by atoms with van der Waals surface area (Å²) in [5, 5.41) is 2.77. The first-order chi connectivity index (χ1) is 15.5. The number of pyridine rings is 1. The summed E-state index contributed by atoms with van der Waals surface area (Å²) in [5.74, 6) is 1.33. The fourth-order valence-electron chi connectivity index (χ4n) is 3.28. The van der Waals surface area contributed by atoms with Crippen molar-refractivity contribution in [3.05, 3.63) is 71.9 Å². The molecule has 8 nitrogen and oxygen atoms in total. The van der Waals surface area contributed by atoms with Crippen molar-refractivity contribution in [2.75, 3.05) is 31.5 Å². The number of benzene rings is 2. The number of carbonyl (C=O) groups excluding carboxylic acids is 2. The lowest BCUT2D eigenvalue weighted by Crippen LogP contribution is -2.25. The summed E-state index contributed by atoms with van der Waals surface area (Å²) in [4.78, 5) is 31.1. The summed E-state index contributed by atoms with van der Waals surface area (Å²) in [7, 11) is 4.77. The molecular weight excluding hydrogens is 410 g/mol. The molecule has 0 saturated carbocycles. The van der Waals surface area contributed by atoms with Crippen LogP contribution in [0.25, 0.3) is 6.08 Å². The fraction of sp³-hybridized carbons (Fsp3) is 0.125. The van der Waals surface area contributed by atoms with Crippen molar-refractivity contribution in [2.45, 2.75) is 0 Å². The van der Waals surface area contributed by atoms with E-state index in [4.69, 9.17) is 14.2 Å². The zero-order valence-corrected chi connectivity index (χ0v) is 17.8. The molecule has 0 aliphatic carbocycles. The number of carbonyl (C=O) groups is 2. The highest BCUT2D eigenvalue weighted by molar-refractivity contribution is 6.10. The van der Waals surface area contributed by atoms with Crippen LogP contribution in [0.1, 0.15) is 15.9 Å². The van der Waals surface area contributed by atoms with Gasteiger partial charge in [-0.05, 0) is 48.5 Å². The van der Waals surface area contributed by atoms with Crippen LogP contribution in [-0.2, 0) is 4.79 Å². The molecule has 2 amide bonds. The van der Waals surface area contributed by atoms with Crippen LogP contribution in [0.2, 0.25) is 0 Å². The van der Waals surface area contributed by atoms with Gasteiger partial charge in [0.25, 0.3) is 5.91 Å². The average molecular weight is 431 g/mol. The van der Waals surface area contributed by atoms with Gasteiger partial charge in [-0.1, -0.05) is 0 Å². The molecule has 2 aromatic carbocycles. The summed E-state index contributed by atoms with van der Waals surface area (Å²) in [6, 6.07) is 13.7. The van der Waals surface area contributed by atoms with E-state index in [0.717, 1.165) is 5.56 Å². The third kappa shape index (κ3) is 4.11. The summed E-state index contributed by atoms with van der Waals surface area (Å²) in [6.45, 7) is 0. The Bertz CT molecular complexity index is 1220. The number of amides is 2. The summed E-state index contributed by atoms with van der Waals surface area (Å²) in [6.07, 6.45) is 4.63. The fourth-order valence-corrected chi connectivity index (χ4v) is 3.28. The molecule has 8 heteroatoms. The predicted octanol–water partition coefficient (Wildman–Crippen LogP) is 4.13. The van der Waals surface area contributed by atoms with Gasteiger partial charge in [-0.2, -0.15) is 0 Å². The lowest BCUT2D eigenvalue weighted by atomic mass is 10.1. The predicted molar refractivity (Wildman–Crippen MR) is 121 cm³/mol. The second kappa shape index (κ2) is 8.81. The van der Waals surface area contributed by atoms with E-state index in [1.807, 2.05) is 0 Å². The van der Waals surface area contributed by atoms with Crippen molar-refractivity contribution in [3.8, 4) is 23.1 Å². The Hall–Kier alpha value is -4.33. The lowest BCUT2D eigenvalue weighted by molar-refractivity contribution is -0.111. The highest BCUT2D eigenvalue weighted by atomic mass is 16.5. The average Bonchev–Trinajstić information content (AvgIpc) is 2.92. The molecule has 0 radical (unpaired) electrons. The van der Waals surface area contributed by atoms with Crippen LogP contribution in [0.3, 0.4) is 0 Å². The lowest BCUT2D eigenvalue weighted by Gasteiger charge is -2.15. The van der Waals surface area contributed by atoms with Gasteiger partial charge in [0.1, 0.15) is 22.9 Å². The van der Waals surface area contributed by atoms with Gasteiger partial charge in [-0.15, -0.1) is 0 Å². The molecule has 1 aromatic heterocycles. The third-order valence-corrected chi connectivity index (χ3v) is 4.96. The molecule has 2 heterocycles. The Kier molecular flexibility index (Phi) is 5.76. The van der Waals surface area contributed by atoms with Crippen LogP contribution in [0.15, 0.2) is 60.8 Å². The van der Waals surface area contributed by atoms with E-state index < -0.39 is 0 Å². The number of ether oxygens (including phenoxy) is 3. The standard InChI is InChI=1S/C24H21N3O5/c1-27-19-5-4-12-25-23(19)32-20-10-8-16(13-18(20)24(27)29)26-22(28)11-7-15-6-9-17(30-2)14-21(15)31-3/h4-14H,1-3H3,(H,26,28)/b11-7+. The number of rotatable bonds is 5. The minimum Gasteiger partial charge on any atom is -0.497 e. The van der Waals surface area contributed by atoms with Crippen molar-refractivity contribution >= 4 is 29.3 Å². The van der Waals surface area contributed by atoms with Crippen LogP contribution in [0.5, 0.6) is 23.1 Å². The molecular formula is C24H21N3O5. The van der Waals surface area contributed by atoms with E-state index >= 15 is 0 Å². The molecule has 0 spiro atoms. The van der Waals surface area contributed by atoms with Crippen LogP contribution < -0.4 is 24.4 Å². The zero-order chi connectivity index (χ0) is 22.7. The molecule has 32 heavy (non-hydrogen) atoms. The van der Waals surface area contributed by atoms with Crippen molar-refractivity contribution in [1.29, 1.82) is 0 Å². The molecule has 1 N–H and O–H groups in total. The van der Waals surface area contributed by atoms with Crippen LogP contribution in [0, 0.1) is 0 Å². The first-order valence-corrected chi connectivity index (χ1v) is 9.76. The second-order valence-corrected chi connectivity index (χ2v) is 6.94. The van der Waals surface area contributed by atoms with Gasteiger partial charge >= 0.3 is 0 Å². The first-order valence-electron chi connectivity index (χ1n) is 9.76. The number of anilines is 2. The number of hydrogen-bond donors (Lipinski definition) is 1. The monoisotopic (exact) mass is 431 g/mol. The van der Waals surface area contributed by atoms with Crippen molar-refractivity contribution in [2.24, 2.45) is 0 Å². The van der Waals surface area contributed by atoms with Gasteiger partial charge in [-0.25, -0.2) is 4.98 Å². The van der Waals surface area contributed by atoms with Gasteiger partial charge in [0.05, 0.1) is 19.8 Å². The maximum absolute atomic E-state index is 12.9. The number of aromatic nitrogens is 1. The maximum Gasteiger partial charge on any atom is 0.262 e. The quantitative estimate of drug-likeness (QED) is 0.611. The number of nitrogens with zero attached hydrogens (tertiary/aromatic N) is 2. The van der Waals surface area contributed by atoms with Crippen LogP contribution in [-0.4, -0.2) is 38.1 Å². The molecule has 1 aliphatic heterocycles. The van der Waals surface area contributed by atoms with E-state index in [2.05, 4.69) is 10.3 Å². The highest BCUT2D eigenvalue weighted by Crippen LogP contribution is 2.37. The van der Waals surface area contributed by atoms with Gasteiger partial charge in [0, 0.05) is 36.6 Å². The first kappa shape index (κ1) is 20.9. The van der Waals surface area contributed by atoms with Crippen LogP contribution in [0.4, 0.5) is 11.4 Å². The number of methoxy groups -OCH3 is 2. The molecule has 0 saturated heterocycles. The summed E-state index contributed by atoms with van der Waals surface area (Å²) in [5.41, 5.74) is 2.07. The van der Waals surface area contributed by atoms with Crippen molar-refractivity contribution < 1.29 is 23.8 Å². The van der Waals surface area contributed by atoms with Gasteiger partial charge in [0.15, 0.2) is 0 Å². The normalized spacial score (nSPS) is 12.5. The number of nitrogens with one attached hydrogen (secondary N) is 1. The molecule has 162 valence electrons. The Morgan fingerprint density at radius 3 is 2.75 bits per heavy atom. The van der Waals surface area contributed by atoms with E-state index in [1.165, 1.54) is 11.0 Å². The summed E-state index contributed by atoms with van der Waals surface area (Å²) < 4.78 is 16.3. The molecule has 1 aliphatic rings. The molecule has 3 aromatic rings. The SMILES string of the molecule is COc1ccc(/C=C/C(=O)Nc2ccc3c(c2)C(=O)N(C)c2cccnc2O3)c(OC)c1. The molecule has 0 bridgehead atoms. The Morgan fingerprint density at radius 1 is 1.12 bits per heavy atom. The summed E-state index contributed by atoms with van der Waals surface area (Å²) >= 11 is 0. The van der Waals surface area contributed by atoms with Crippen molar-refractivity contribution in [1.82, 2.24) is 4.98 Å². The Labute approximate surface area is 185 Å². The van der Waals surface area contributed by atoms with Gasteiger partial charge < -0.3 is 24.4 Å². The largest absolute Gasteiger partial charge is 0.497 e. The molecule has 0 atom stereocenters. The smallest absolute Gasteiger partial charge is 0.262 e. The Morgan fingerprint density at radius 2 is 1.97 bits per heavy atom. The van der Waals surface area contributed by atoms with E-state index in [0.29, 0.717) is 40.1 Å². The van der Waals surface area contributed by atoms with Gasteiger partial charge in [0.2, 0.25) is 11.8 Å². The van der Waals surface area contributed by atoms with E-state index in [-0.39, 0.29) is 11.8 Å². The third-order valence-electron chi connectivity index (χ3n) is 4.96. The Balaban J connectivity index is 1.54. The van der Waals surface area contributed by atoms with Crippen LogP contribution >= 0.6 is 0 Å². The number of fused-ring (bicyclic) bond motifs is 2. The zero-order valence-electron chi connectivity index (χ0n) is 17.8. The van der Waals surface area contributed by atoms with E-state index in [9.17, 15) is 9.59 Å². The molecule has 0 unspecified atom stereocenters. The minimum absolute atomic E-state index is 0.263. The maximum atomic E-state index is 12.9. The highest BCUT2D eigenvalue weighted by Gasteiger charge is 2.26. The minimum atomic E-state index is -0.358. The van der Waals surface area contributed by atoms with E-state index in [1.54, 1.807) is 82.1 Å². The topological polar surface area (TPSA) is 90.0 Å². The van der Waals surface area contributed by atoms with Crippen molar-refractivity contribution in [3.63, 3.8) is 0 Å². The second-order valence-electron chi connectivity index (χ2n) is 6.94. The molecule has 0 fully saturated rings. The van der Waals surface area contributed by atoms with Gasteiger partial charge in [-0.3, -0.25) is 9.59 Å². The number of hydrogen-bond acceptors (Lipinski definition) is 6. The molecule has 4 rings (SSSR count).